The van der Waals surface area contributed by atoms with Gasteiger partial charge >= 0.3 is 5.97 Å². The third kappa shape index (κ3) is 5.01. The summed E-state index contributed by atoms with van der Waals surface area (Å²) in [5.74, 6) is -4.40. The van der Waals surface area contributed by atoms with Gasteiger partial charge in [-0.2, -0.15) is 0 Å². The van der Waals surface area contributed by atoms with Crippen LogP contribution in [0.5, 0.6) is 0 Å². The number of rotatable bonds is 5. The largest absolute Gasteiger partial charge is 0.454 e. The van der Waals surface area contributed by atoms with Gasteiger partial charge in [-0.3, -0.25) is 34.9 Å². The van der Waals surface area contributed by atoms with Crippen molar-refractivity contribution in [1.82, 2.24) is 15.8 Å². The fraction of sp³-hybridized carbons (Fsp3) is 0.150. The predicted molar refractivity (Wildman–Crippen MR) is 127 cm³/mol. The van der Waals surface area contributed by atoms with Crippen LogP contribution in [-0.2, 0) is 14.3 Å². The Hall–Kier alpha value is -2.37. The van der Waals surface area contributed by atoms with Crippen LogP contribution in [-0.4, -0.2) is 47.1 Å². The first-order valence-corrected chi connectivity index (χ1v) is 11.5. The van der Waals surface area contributed by atoms with Gasteiger partial charge < -0.3 is 4.74 Å². The number of halogens is 5. The molecule has 0 saturated heterocycles. The molecule has 1 aliphatic rings. The van der Waals surface area contributed by atoms with Gasteiger partial charge in [0, 0.05) is 10.0 Å². The van der Waals surface area contributed by atoms with E-state index >= 15 is 0 Å². The van der Waals surface area contributed by atoms with Crippen LogP contribution in [0.1, 0.15) is 38.0 Å². The highest BCUT2D eigenvalue weighted by Gasteiger charge is 2.45. The monoisotopic (exact) mass is 609 g/mol. The molecule has 0 saturated carbocycles. The minimum atomic E-state index is -1.44. The van der Waals surface area contributed by atoms with Gasteiger partial charge in [0.2, 0.25) is 0 Å². The van der Waals surface area contributed by atoms with Crippen molar-refractivity contribution in [2.75, 3.05) is 6.61 Å². The summed E-state index contributed by atoms with van der Waals surface area (Å²) in [6.45, 7) is 0.411. The summed E-state index contributed by atoms with van der Waals surface area (Å²) in [5, 5.41) is -0.999. The lowest BCUT2D eigenvalue weighted by atomic mass is 10.1. The molecule has 0 aliphatic carbocycles. The third-order valence-corrected chi connectivity index (χ3v) is 6.96. The molecule has 0 aromatic heterocycles. The Balaban J connectivity index is 1.61. The summed E-state index contributed by atoms with van der Waals surface area (Å²) in [7, 11) is 0. The third-order valence-electron chi connectivity index (χ3n) is 4.63. The van der Waals surface area contributed by atoms with Crippen molar-refractivity contribution in [1.29, 1.82) is 0 Å². The number of hydrogen-bond acceptors (Lipinski definition) is 6. The first-order valence-electron chi connectivity index (χ1n) is 9.20. The van der Waals surface area contributed by atoms with Crippen molar-refractivity contribution in [2.24, 2.45) is 0 Å². The number of nitrogens with one attached hydrogen (secondary N) is 2. The summed E-state index contributed by atoms with van der Waals surface area (Å²) < 4.78 is 5.63. The van der Waals surface area contributed by atoms with Crippen LogP contribution in [0, 0.1) is 0 Å². The topological polar surface area (TPSA) is 122 Å². The zero-order chi connectivity index (χ0) is 25.3. The van der Waals surface area contributed by atoms with Crippen molar-refractivity contribution in [3.8, 4) is 0 Å². The van der Waals surface area contributed by atoms with Crippen molar-refractivity contribution >= 4 is 91.9 Å². The van der Waals surface area contributed by atoms with Gasteiger partial charge in [0.1, 0.15) is 6.04 Å². The van der Waals surface area contributed by atoms with Crippen LogP contribution in [0.4, 0.5) is 0 Å². The maximum atomic E-state index is 12.8. The molecule has 2 aromatic rings. The lowest BCUT2D eigenvalue weighted by molar-refractivity contribution is -0.152. The van der Waals surface area contributed by atoms with E-state index in [1.165, 1.54) is 19.1 Å². The Morgan fingerprint density at radius 2 is 1.41 bits per heavy atom. The number of fused-ring (bicyclic) bond motifs is 1. The van der Waals surface area contributed by atoms with E-state index in [9.17, 15) is 24.0 Å². The standard InChI is InChI=1S/C20H12BrCl4N3O6/c1-7(28-18(31)11-12(19(28)32)14(23)16(25)15(24)13(11)22)20(33)34-6-10(29)26-27-17(30)8-2-4-9(21)5-3-8/h2-5,7H,6H2,1H3,(H,26,29)(H,27,30)/t7-/m1/s1. The van der Waals surface area contributed by atoms with E-state index < -0.39 is 42.2 Å². The molecule has 34 heavy (non-hydrogen) atoms. The lowest BCUT2D eigenvalue weighted by Gasteiger charge is -2.20. The molecule has 0 unspecified atom stereocenters. The van der Waals surface area contributed by atoms with E-state index in [1.807, 2.05) is 0 Å². The second-order valence-corrected chi connectivity index (χ2v) is 9.21. The number of amides is 4. The van der Waals surface area contributed by atoms with Gasteiger partial charge in [-0.1, -0.05) is 62.3 Å². The molecule has 9 nitrogen and oxygen atoms in total. The van der Waals surface area contributed by atoms with Gasteiger partial charge in [0.25, 0.3) is 23.6 Å². The number of carbonyl (C=O) groups is 5. The van der Waals surface area contributed by atoms with Crippen LogP contribution >= 0.6 is 62.3 Å². The van der Waals surface area contributed by atoms with Crippen LogP contribution < -0.4 is 10.9 Å². The quantitative estimate of drug-likeness (QED) is 0.173. The van der Waals surface area contributed by atoms with Gasteiger partial charge in [-0.05, 0) is 31.2 Å². The molecular formula is C20H12BrCl4N3O6. The molecule has 0 radical (unpaired) electrons. The smallest absolute Gasteiger partial charge is 0.329 e. The van der Waals surface area contributed by atoms with E-state index in [0.717, 1.165) is 4.47 Å². The Morgan fingerprint density at radius 1 is 0.912 bits per heavy atom. The Kier molecular flexibility index (Phi) is 8.10. The van der Waals surface area contributed by atoms with Crippen molar-refractivity contribution < 1.29 is 28.7 Å². The molecule has 2 aromatic carbocycles. The van der Waals surface area contributed by atoms with Crippen molar-refractivity contribution in [2.45, 2.75) is 13.0 Å². The number of esters is 1. The number of imide groups is 1. The molecule has 14 heteroatoms. The Labute approximate surface area is 220 Å². The number of hydrazine groups is 1. The highest BCUT2D eigenvalue weighted by Crippen LogP contribution is 2.45. The predicted octanol–water partition coefficient (Wildman–Crippen LogP) is 4.05. The van der Waals surface area contributed by atoms with Crippen LogP contribution in [0.25, 0.3) is 0 Å². The molecule has 3 rings (SSSR count). The first-order chi connectivity index (χ1) is 16.0. The van der Waals surface area contributed by atoms with E-state index in [1.54, 1.807) is 12.1 Å². The highest BCUT2D eigenvalue weighted by molar-refractivity contribution is 9.10. The second-order valence-electron chi connectivity index (χ2n) is 6.78. The van der Waals surface area contributed by atoms with Gasteiger partial charge in [0.15, 0.2) is 6.61 Å². The number of benzene rings is 2. The summed E-state index contributed by atoms with van der Waals surface area (Å²) >= 11 is 27.3. The van der Waals surface area contributed by atoms with Gasteiger partial charge in [0.05, 0.1) is 31.2 Å². The average molecular weight is 612 g/mol. The normalized spacial score (nSPS) is 13.4. The number of carbonyl (C=O) groups excluding carboxylic acids is 5. The van der Waals surface area contributed by atoms with E-state index in [0.29, 0.717) is 4.90 Å². The molecule has 178 valence electrons. The molecule has 0 fully saturated rings. The van der Waals surface area contributed by atoms with Crippen LogP contribution in [0.3, 0.4) is 0 Å². The number of ether oxygens (including phenoxy) is 1. The molecule has 0 spiro atoms. The Morgan fingerprint density at radius 3 is 1.91 bits per heavy atom. The van der Waals surface area contributed by atoms with E-state index in [2.05, 4.69) is 26.8 Å². The number of nitrogens with zero attached hydrogens (tertiary/aromatic N) is 1. The van der Waals surface area contributed by atoms with Crippen molar-refractivity contribution in [3.63, 3.8) is 0 Å². The van der Waals surface area contributed by atoms with Crippen LogP contribution in [0.15, 0.2) is 28.7 Å². The maximum Gasteiger partial charge on any atom is 0.329 e. The molecular weight excluding hydrogens is 600 g/mol. The fourth-order valence-corrected chi connectivity index (χ4v) is 4.20. The minimum absolute atomic E-state index is 0.216. The minimum Gasteiger partial charge on any atom is -0.454 e. The fourth-order valence-electron chi connectivity index (χ4n) is 2.92. The van der Waals surface area contributed by atoms with Gasteiger partial charge in [-0.25, -0.2) is 4.79 Å². The Bertz CT molecular complexity index is 1190. The molecule has 0 bridgehead atoms. The lowest BCUT2D eigenvalue weighted by Crippen LogP contribution is -2.46. The molecule has 1 heterocycles. The zero-order valence-electron chi connectivity index (χ0n) is 16.9. The molecule has 1 aliphatic heterocycles. The van der Waals surface area contributed by atoms with Crippen molar-refractivity contribution in [3.05, 3.63) is 65.5 Å². The maximum absolute atomic E-state index is 12.8. The second kappa shape index (κ2) is 10.5. The van der Waals surface area contributed by atoms with Gasteiger partial charge in [-0.15, -0.1) is 0 Å². The van der Waals surface area contributed by atoms with E-state index in [4.69, 9.17) is 51.1 Å². The molecule has 2 N–H and O–H groups in total. The highest BCUT2D eigenvalue weighted by atomic mass is 79.9. The number of hydrogen-bond donors (Lipinski definition) is 2. The summed E-state index contributed by atoms with van der Waals surface area (Å²) in [5.41, 5.74) is 3.93. The summed E-state index contributed by atoms with van der Waals surface area (Å²) in [6.07, 6.45) is 0. The molecule has 1 atom stereocenters. The SMILES string of the molecule is C[C@H](C(=O)OCC(=O)NNC(=O)c1ccc(Br)cc1)N1C(=O)c2c(Cl)c(Cl)c(Cl)c(Cl)c2C1=O. The van der Waals surface area contributed by atoms with E-state index in [-0.39, 0.29) is 36.8 Å². The van der Waals surface area contributed by atoms with Crippen LogP contribution in [0.2, 0.25) is 20.1 Å². The summed E-state index contributed by atoms with van der Waals surface area (Å²) in [4.78, 5) is 62.5. The first kappa shape index (κ1) is 26.2. The molecule has 4 amide bonds. The average Bonchev–Trinajstić information content (AvgIpc) is 3.08. The zero-order valence-corrected chi connectivity index (χ0v) is 21.5. The summed E-state index contributed by atoms with van der Waals surface area (Å²) in [6, 6.07) is 4.88.